The van der Waals surface area contributed by atoms with Crippen LogP contribution in [-0.4, -0.2) is 16.7 Å². The Labute approximate surface area is 152 Å². The number of ether oxygens (including phenoxy) is 1. The summed E-state index contributed by atoms with van der Waals surface area (Å²) in [5, 5.41) is 0. The Morgan fingerprint density at radius 3 is 2.50 bits per heavy atom. The topological polar surface area (TPSA) is 76.2 Å². The van der Waals surface area contributed by atoms with Crippen molar-refractivity contribution in [3.8, 4) is 5.75 Å². The van der Waals surface area contributed by atoms with Crippen LogP contribution in [-0.2, 0) is 11.8 Å². The predicted octanol–water partition coefficient (Wildman–Crippen LogP) is 3.72. The number of fused-ring (bicyclic) bond motifs is 1. The summed E-state index contributed by atoms with van der Waals surface area (Å²) in [7, 11) is 0. The van der Waals surface area contributed by atoms with Gasteiger partial charge in [0.1, 0.15) is 11.3 Å². The smallest absolute Gasteiger partial charge is 0.349 e. The highest BCUT2D eigenvalue weighted by molar-refractivity contribution is 6.00. The third kappa shape index (κ3) is 3.47. The Kier molecular flexibility index (Phi) is 4.57. The van der Waals surface area contributed by atoms with Crippen LogP contribution in [0.25, 0.3) is 0 Å². The Balaban J connectivity index is 1.91. The van der Waals surface area contributed by atoms with Crippen molar-refractivity contribution in [2.45, 2.75) is 52.4 Å². The molecule has 5 nitrogen and oxygen atoms in total. The molecule has 5 heteroatoms. The van der Waals surface area contributed by atoms with Gasteiger partial charge in [0.15, 0.2) is 5.78 Å². The lowest BCUT2D eigenvalue weighted by Crippen LogP contribution is -2.26. The second-order valence-electron chi connectivity index (χ2n) is 7.80. The minimum absolute atomic E-state index is 0.0106. The lowest BCUT2D eigenvalue weighted by Gasteiger charge is -2.20. The van der Waals surface area contributed by atoms with Crippen LogP contribution in [0.15, 0.2) is 29.1 Å². The van der Waals surface area contributed by atoms with Crippen molar-refractivity contribution in [1.29, 1.82) is 0 Å². The van der Waals surface area contributed by atoms with Crippen LogP contribution in [0.1, 0.15) is 71.1 Å². The van der Waals surface area contributed by atoms with Crippen molar-refractivity contribution in [3.05, 3.63) is 62.6 Å². The van der Waals surface area contributed by atoms with Gasteiger partial charge in [-0.2, -0.15) is 0 Å². The Morgan fingerprint density at radius 1 is 1.12 bits per heavy atom. The summed E-state index contributed by atoms with van der Waals surface area (Å²) in [5.41, 5.74) is 2.30. The number of benzene rings is 1. The van der Waals surface area contributed by atoms with Crippen molar-refractivity contribution in [2.75, 3.05) is 0 Å². The zero-order valence-electron chi connectivity index (χ0n) is 15.6. The minimum atomic E-state index is -0.751. The fraction of sp³-hybridized carbons (Fsp3) is 0.381. The number of carbonyl (C=O) groups is 2. The van der Waals surface area contributed by atoms with Crippen molar-refractivity contribution in [3.63, 3.8) is 0 Å². The number of hydrogen-bond donors (Lipinski definition) is 1. The maximum atomic E-state index is 12.5. The van der Waals surface area contributed by atoms with Crippen LogP contribution in [0.5, 0.6) is 5.75 Å². The van der Waals surface area contributed by atoms with Gasteiger partial charge in [-0.3, -0.25) is 9.59 Å². The highest BCUT2D eigenvalue weighted by atomic mass is 16.5. The molecule has 0 saturated carbocycles. The summed E-state index contributed by atoms with van der Waals surface area (Å²) in [4.78, 5) is 39.4. The van der Waals surface area contributed by atoms with Crippen LogP contribution in [0.4, 0.5) is 0 Å². The first-order valence-electron chi connectivity index (χ1n) is 8.79. The lowest BCUT2D eigenvalue weighted by molar-refractivity contribution is 0.0731. The molecule has 0 atom stereocenters. The van der Waals surface area contributed by atoms with Crippen molar-refractivity contribution >= 4 is 11.8 Å². The number of aromatic amines is 1. The van der Waals surface area contributed by atoms with E-state index in [-0.39, 0.29) is 16.8 Å². The summed E-state index contributed by atoms with van der Waals surface area (Å²) >= 11 is 0. The predicted molar refractivity (Wildman–Crippen MR) is 99.2 cm³/mol. The summed E-state index contributed by atoms with van der Waals surface area (Å²) in [6.45, 7) is 8.18. The van der Waals surface area contributed by atoms with Gasteiger partial charge in [-0.15, -0.1) is 0 Å². The molecule has 0 unspecified atom stereocenters. The molecule has 0 fully saturated rings. The largest absolute Gasteiger partial charge is 0.423 e. The molecule has 26 heavy (non-hydrogen) atoms. The molecule has 1 heterocycles. The van der Waals surface area contributed by atoms with Gasteiger partial charge in [0, 0.05) is 17.7 Å². The molecule has 0 spiro atoms. The number of hydrogen-bond acceptors (Lipinski definition) is 4. The first kappa shape index (κ1) is 18.1. The van der Waals surface area contributed by atoms with E-state index in [1.807, 2.05) is 19.1 Å². The monoisotopic (exact) mass is 353 g/mol. The fourth-order valence-corrected chi connectivity index (χ4v) is 3.11. The third-order valence-corrected chi connectivity index (χ3v) is 4.72. The van der Waals surface area contributed by atoms with E-state index in [9.17, 15) is 14.4 Å². The molecule has 1 aliphatic rings. The normalized spacial score (nSPS) is 14.1. The van der Waals surface area contributed by atoms with Gasteiger partial charge >= 0.3 is 5.97 Å². The summed E-state index contributed by atoms with van der Waals surface area (Å²) in [6.07, 6.45) is 1.78. The highest BCUT2D eigenvalue weighted by Crippen LogP contribution is 2.28. The lowest BCUT2D eigenvalue weighted by atomic mass is 9.86. The van der Waals surface area contributed by atoms with Crippen LogP contribution < -0.4 is 10.3 Å². The van der Waals surface area contributed by atoms with Gasteiger partial charge in [0.2, 0.25) is 0 Å². The molecule has 1 N–H and O–H groups in total. The van der Waals surface area contributed by atoms with Gasteiger partial charge in [-0.1, -0.05) is 32.9 Å². The van der Waals surface area contributed by atoms with Crippen LogP contribution in [0.2, 0.25) is 0 Å². The Bertz CT molecular complexity index is 947. The van der Waals surface area contributed by atoms with E-state index in [0.29, 0.717) is 36.3 Å². The van der Waals surface area contributed by atoms with Crippen LogP contribution in [0, 0.1) is 6.92 Å². The van der Waals surface area contributed by atoms with E-state index in [1.165, 1.54) is 6.07 Å². The van der Waals surface area contributed by atoms with Gasteiger partial charge in [-0.05, 0) is 48.4 Å². The second-order valence-corrected chi connectivity index (χ2v) is 7.80. The maximum Gasteiger partial charge on any atom is 0.349 e. The van der Waals surface area contributed by atoms with Crippen LogP contribution in [0.3, 0.4) is 0 Å². The highest BCUT2D eigenvalue weighted by Gasteiger charge is 2.23. The number of nitrogens with one attached hydrogen (secondary N) is 1. The number of aryl methyl sites for hydroxylation is 2. The number of aromatic nitrogens is 1. The number of ketones is 1. The van der Waals surface area contributed by atoms with E-state index in [4.69, 9.17) is 4.74 Å². The van der Waals surface area contributed by atoms with Gasteiger partial charge in [0.05, 0.1) is 0 Å². The standard InChI is InChI=1S/C21H23NO4/c1-12-10-13(21(2,3)4)8-9-18(12)26-20(25)15-11-14-16(22-19(15)24)6-5-7-17(14)23/h8-11H,5-7H2,1-4H3,(H,22,24). The first-order chi connectivity index (χ1) is 12.2. The number of rotatable bonds is 2. The SMILES string of the molecule is Cc1cc(C(C)(C)C)ccc1OC(=O)c1cc2c([nH]c1=O)CCCC2=O. The molecule has 1 aromatic heterocycles. The maximum absolute atomic E-state index is 12.5. The molecule has 0 aliphatic heterocycles. The third-order valence-electron chi connectivity index (χ3n) is 4.72. The first-order valence-corrected chi connectivity index (χ1v) is 8.79. The van der Waals surface area contributed by atoms with E-state index >= 15 is 0 Å². The molecule has 2 aromatic rings. The average Bonchev–Trinajstić information content (AvgIpc) is 2.55. The summed E-state index contributed by atoms with van der Waals surface area (Å²) < 4.78 is 5.44. The van der Waals surface area contributed by atoms with Gasteiger partial charge in [-0.25, -0.2) is 4.79 Å². The zero-order valence-corrected chi connectivity index (χ0v) is 15.6. The minimum Gasteiger partial charge on any atom is -0.423 e. The number of Topliss-reactive ketones (excluding diaryl/α,β-unsaturated/α-hetero) is 1. The van der Waals surface area contributed by atoms with Gasteiger partial charge < -0.3 is 9.72 Å². The van der Waals surface area contributed by atoms with Crippen molar-refractivity contribution < 1.29 is 14.3 Å². The fourth-order valence-electron chi connectivity index (χ4n) is 3.11. The van der Waals surface area contributed by atoms with E-state index in [1.54, 1.807) is 6.07 Å². The van der Waals surface area contributed by atoms with E-state index in [0.717, 1.165) is 11.1 Å². The summed E-state index contributed by atoms with van der Waals surface area (Å²) in [6, 6.07) is 7.00. The molecule has 0 saturated heterocycles. The molecule has 0 amide bonds. The number of H-pyrrole nitrogens is 1. The molecular formula is C21H23NO4. The number of pyridine rings is 1. The van der Waals surface area contributed by atoms with E-state index < -0.39 is 11.5 Å². The molecule has 3 rings (SSSR count). The summed E-state index contributed by atoms with van der Waals surface area (Å²) in [5.74, 6) is -0.396. The number of carbonyl (C=O) groups excluding carboxylic acids is 2. The molecule has 1 aliphatic carbocycles. The van der Waals surface area contributed by atoms with Crippen molar-refractivity contribution in [2.24, 2.45) is 0 Å². The van der Waals surface area contributed by atoms with Crippen LogP contribution >= 0.6 is 0 Å². The molecular weight excluding hydrogens is 330 g/mol. The Hall–Kier alpha value is -2.69. The average molecular weight is 353 g/mol. The molecule has 0 bridgehead atoms. The van der Waals surface area contributed by atoms with E-state index in [2.05, 4.69) is 25.8 Å². The molecule has 136 valence electrons. The molecule has 0 radical (unpaired) electrons. The second kappa shape index (κ2) is 6.56. The number of esters is 1. The van der Waals surface area contributed by atoms with Gasteiger partial charge in [0.25, 0.3) is 5.56 Å². The van der Waals surface area contributed by atoms with Crippen molar-refractivity contribution in [1.82, 2.24) is 4.98 Å². The quantitative estimate of drug-likeness (QED) is 0.659. The molecule has 1 aromatic carbocycles. The Morgan fingerprint density at radius 2 is 1.85 bits per heavy atom. The zero-order chi connectivity index (χ0) is 19.1.